The Kier molecular flexibility index (Phi) is 6.24. The molecule has 2 heterocycles. The molecule has 0 spiro atoms. The third-order valence-corrected chi connectivity index (χ3v) is 4.52. The Morgan fingerprint density at radius 2 is 1.96 bits per heavy atom. The number of nitrogens with zero attached hydrogens (tertiary/aromatic N) is 4. The van der Waals surface area contributed by atoms with Gasteiger partial charge in [0.25, 0.3) is 0 Å². The van der Waals surface area contributed by atoms with Gasteiger partial charge in [-0.15, -0.1) is 10.2 Å². The van der Waals surface area contributed by atoms with E-state index in [4.69, 9.17) is 0 Å². The van der Waals surface area contributed by atoms with Crippen LogP contribution in [-0.4, -0.2) is 45.8 Å². The first-order valence-corrected chi connectivity index (χ1v) is 9.10. The second kappa shape index (κ2) is 9.03. The molecule has 3 N–H and O–H groups in total. The molecule has 0 radical (unpaired) electrons. The van der Waals surface area contributed by atoms with Gasteiger partial charge in [-0.2, -0.15) is 0 Å². The van der Waals surface area contributed by atoms with Crippen LogP contribution in [0.5, 0.6) is 0 Å². The second-order valence-corrected chi connectivity index (χ2v) is 6.39. The van der Waals surface area contributed by atoms with E-state index in [1.807, 2.05) is 11.6 Å². The Morgan fingerprint density at radius 1 is 1.15 bits per heavy atom. The zero-order valence-electron chi connectivity index (χ0n) is 15.5. The van der Waals surface area contributed by atoms with Crippen LogP contribution in [0.15, 0.2) is 42.0 Å². The van der Waals surface area contributed by atoms with Gasteiger partial charge in [0.05, 0.1) is 0 Å². The minimum Gasteiger partial charge on any atom is -0.361 e. The molecule has 138 valence electrons. The van der Waals surface area contributed by atoms with Gasteiger partial charge in [-0.25, -0.2) is 0 Å². The SMILES string of the molecule is CN=C(NCCCCn1cnnc1)NCCc1c[nH]c2c(C)cccc12. The number of nitrogens with one attached hydrogen (secondary N) is 3. The third kappa shape index (κ3) is 4.62. The van der Waals surface area contributed by atoms with Crippen molar-refractivity contribution in [3.8, 4) is 0 Å². The lowest BCUT2D eigenvalue weighted by Crippen LogP contribution is -2.38. The summed E-state index contributed by atoms with van der Waals surface area (Å²) >= 11 is 0. The Hall–Kier alpha value is -2.83. The summed E-state index contributed by atoms with van der Waals surface area (Å²) in [6.07, 6.45) is 8.72. The number of aromatic amines is 1. The molecule has 0 bridgehead atoms. The number of aliphatic imine (C=N–C) groups is 1. The Bertz CT molecular complexity index is 833. The minimum atomic E-state index is 0.848. The molecule has 0 saturated heterocycles. The quantitative estimate of drug-likeness (QED) is 0.329. The molecule has 0 atom stereocenters. The summed E-state index contributed by atoms with van der Waals surface area (Å²) in [6.45, 7) is 4.83. The lowest BCUT2D eigenvalue weighted by molar-refractivity contribution is 0.597. The van der Waals surface area contributed by atoms with Gasteiger partial charge in [-0.1, -0.05) is 18.2 Å². The van der Waals surface area contributed by atoms with Crippen LogP contribution >= 0.6 is 0 Å². The predicted octanol–water partition coefficient (Wildman–Crippen LogP) is 2.26. The van der Waals surface area contributed by atoms with E-state index >= 15 is 0 Å². The van der Waals surface area contributed by atoms with Crippen molar-refractivity contribution in [2.75, 3.05) is 20.1 Å². The highest BCUT2D eigenvalue weighted by atomic mass is 15.2. The number of guanidine groups is 1. The fourth-order valence-corrected chi connectivity index (χ4v) is 3.07. The summed E-state index contributed by atoms with van der Waals surface area (Å²) in [4.78, 5) is 7.68. The monoisotopic (exact) mass is 353 g/mol. The zero-order chi connectivity index (χ0) is 18.2. The van der Waals surface area contributed by atoms with Crippen molar-refractivity contribution >= 4 is 16.9 Å². The van der Waals surface area contributed by atoms with Gasteiger partial charge in [0.2, 0.25) is 0 Å². The van der Waals surface area contributed by atoms with Crippen molar-refractivity contribution in [2.45, 2.75) is 32.7 Å². The van der Waals surface area contributed by atoms with Gasteiger partial charge in [0.15, 0.2) is 5.96 Å². The molecule has 0 aliphatic heterocycles. The summed E-state index contributed by atoms with van der Waals surface area (Å²) in [5, 5.41) is 15.7. The van der Waals surface area contributed by atoms with Crippen molar-refractivity contribution in [1.82, 2.24) is 30.4 Å². The van der Waals surface area contributed by atoms with E-state index in [1.165, 1.54) is 22.0 Å². The van der Waals surface area contributed by atoms with E-state index in [0.717, 1.165) is 44.9 Å². The van der Waals surface area contributed by atoms with Gasteiger partial charge < -0.3 is 20.2 Å². The zero-order valence-corrected chi connectivity index (χ0v) is 15.5. The molecule has 7 heteroatoms. The van der Waals surface area contributed by atoms with Crippen molar-refractivity contribution < 1.29 is 0 Å². The molecule has 0 fully saturated rings. The first-order chi connectivity index (χ1) is 12.8. The molecule has 0 aliphatic carbocycles. The van der Waals surface area contributed by atoms with E-state index < -0.39 is 0 Å². The number of unbranched alkanes of at least 4 members (excludes halogenated alkanes) is 1. The van der Waals surface area contributed by atoms with Crippen LogP contribution in [0.25, 0.3) is 10.9 Å². The Balaban J connectivity index is 1.38. The molecular weight excluding hydrogens is 326 g/mol. The van der Waals surface area contributed by atoms with E-state index in [2.05, 4.69) is 62.1 Å². The highest BCUT2D eigenvalue weighted by molar-refractivity contribution is 5.86. The number of aryl methyl sites for hydroxylation is 2. The molecule has 0 amide bonds. The minimum absolute atomic E-state index is 0.848. The fourth-order valence-electron chi connectivity index (χ4n) is 3.07. The molecule has 3 aromatic rings. The van der Waals surface area contributed by atoms with Gasteiger partial charge in [0, 0.05) is 43.8 Å². The summed E-state index contributed by atoms with van der Waals surface area (Å²) in [5.74, 6) is 0.852. The average Bonchev–Trinajstić information content (AvgIpc) is 3.31. The largest absolute Gasteiger partial charge is 0.361 e. The molecule has 3 rings (SSSR count). The number of rotatable bonds is 8. The van der Waals surface area contributed by atoms with Crippen molar-refractivity contribution in [1.29, 1.82) is 0 Å². The Morgan fingerprint density at radius 3 is 2.77 bits per heavy atom. The van der Waals surface area contributed by atoms with Gasteiger partial charge in [-0.05, 0) is 37.3 Å². The van der Waals surface area contributed by atoms with Crippen LogP contribution < -0.4 is 10.6 Å². The van der Waals surface area contributed by atoms with Gasteiger partial charge in [-0.3, -0.25) is 4.99 Å². The molecule has 2 aromatic heterocycles. The normalized spacial score (nSPS) is 11.8. The average molecular weight is 353 g/mol. The van der Waals surface area contributed by atoms with Crippen LogP contribution in [0.3, 0.4) is 0 Å². The number of benzene rings is 1. The van der Waals surface area contributed by atoms with Crippen LogP contribution in [0, 0.1) is 6.92 Å². The highest BCUT2D eigenvalue weighted by Gasteiger charge is 2.05. The van der Waals surface area contributed by atoms with Crippen LogP contribution in [0.4, 0.5) is 0 Å². The standard InChI is InChI=1S/C19H27N7/c1-15-6-5-7-17-16(12-23-18(15)17)8-10-22-19(20-2)21-9-3-4-11-26-13-24-25-14-26/h5-7,12-14,23H,3-4,8-11H2,1-2H3,(H2,20,21,22). The maximum atomic E-state index is 4.29. The smallest absolute Gasteiger partial charge is 0.190 e. The van der Waals surface area contributed by atoms with Crippen LogP contribution in [0.1, 0.15) is 24.0 Å². The van der Waals surface area contributed by atoms with Gasteiger partial charge >= 0.3 is 0 Å². The first kappa shape index (κ1) is 18.0. The fraction of sp³-hybridized carbons (Fsp3) is 0.421. The van der Waals surface area contributed by atoms with Crippen LogP contribution in [0.2, 0.25) is 0 Å². The van der Waals surface area contributed by atoms with E-state index in [0.29, 0.717) is 0 Å². The number of para-hydroxylation sites is 1. The maximum absolute atomic E-state index is 4.29. The Labute approximate surface area is 153 Å². The van der Waals surface area contributed by atoms with Gasteiger partial charge in [0.1, 0.15) is 12.7 Å². The van der Waals surface area contributed by atoms with E-state index in [9.17, 15) is 0 Å². The van der Waals surface area contributed by atoms with E-state index in [-0.39, 0.29) is 0 Å². The molecular formula is C19H27N7. The highest BCUT2D eigenvalue weighted by Crippen LogP contribution is 2.21. The molecule has 7 nitrogen and oxygen atoms in total. The van der Waals surface area contributed by atoms with Crippen LogP contribution in [-0.2, 0) is 13.0 Å². The summed E-state index contributed by atoms with van der Waals surface area (Å²) in [6, 6.07) is 6.43. The lowest BCUT2D eigenvalue weighted by Gasteiger charge is -2.11. The maximum Gasteiger partial charge on any atom is 0.190 e. The summed E-state index contributed by atoms with van der Waals surface area (Å²) in [7, 11) is 1.81. The number of hydrogen-bond acceptors (Lipinski definition) is 3. The molecule has 26 heavy (non-hydrogen) atoms. The third-order valence-electron chi connectivity index (χ3n) is 4.52. The lowest BCUT2D eigenvalue weighted by atomic mass is 10.1. The second-order valence-electron chi connectivity index (χ2n) is 6.39. The predicted molar refractivity (Wildman–Crippen MR) is 105 cm³/mol. The molecule has 0 aliphatic rings. The van der Waals surface area contributed by atoms with Crippen molar-refractivity contribution in [3.63, 3.8) is 0 Å². The number of H-pyrrole nitrogens is 1. The molecule has 0 unspecified atom stereocenters. The first-order valence-electron chi connectivity index (χ1n) is 9.10. The van der Waals surface area contributed by atoms with E-state index in [1.54, 1.807) is 12.7 Å². The number of aromatic nitrogens is 4. The number of hydrogen-bond donors (Lipinski definition) is 3. The summed E-state index contributed by atoms with van der Waals surface area (Å²) in [5.41, 5.74) is 3.85. The molecule has 0 saturated carbocycles. The molecule has 1 aromatic carbocycles. The van der Waals surface area contributed by atoms with Crippen molar-refractivity contribution in [2.24, 2.45) is 4.99 Å². The van der Waals surface area contributed by atoms with Crippen molar-refractivity contribution in [3.05, 3.63) is 48.2 Å². The topological polar surface area (TPSA) is 82.9 Å². The number of fused-ring (bicyclic) bond motifs is 1. The summed E-state index contributed by atoms with van der Waals surface area (Å²) < 4.78 is 2.00.